The van der Waals surface area contributed by atoms with E-state index < -0.39 is 0 Å². The topological polar surface area (TPSA) is 8.81 Å². The Morgan fingerprint density at radius 2 is 0.534 bits per heavy atom. The van der Waals surface area contributed by atoms with Gasteiger partial charge in [0, 0.05) is 0 Å². The maximum absolute atomic E-state index is 2.56. The summed E-state index contributed by atoms with van der Waals surface area (Å²) in [6.45, 7) is 6.97. The minimum absolute atomic E-state index is 0.693. The van der Waals surface area contributed by atoms with Crippen LogP contribution in [-0.4, -0.2) is 4.57 Å². The highest BCUT2D eigenvalue weighted by molar-refractivity contribution is 4.76. The third-order valence-corrected chi connectivity index (χ3v) is 13.9. The second-order valence-electron chi connectivity index (χ2n) is 19.8. The van der Waals surface area contributed by atoms with Gasteiger partial charge in [-0.3, -0.25) is 0 Å². The average Bonchev–Trinajstić information content (AvgIpc) is 3.67. The summed E-state index contributed by atoms with van der Waals surface area (Å²) < 4.78 is 4.81. The Morgan fingerprint density at radius 3 is 0.793 bits per heavy atom. The fraction of sp³-hybridized carbons (Fsp3) is 0.946. The Balaban J connectivity index is 2.32. The molecule has 0 saturated carbocycles. The summed E-state index contributed by atoms with van der Waals surface area (Å²) in [6, 6.07) is 0.693. The van der Waals surface area contributed by atoms with Crippen molar-refractivity contribution >= 4 is 0 Å². The molecule has 0 aliphatic heterocycles. The molecule has 0 amide bonds. The summed E-state index contributed by atoms with van der Waals surface area (Å²) >= 11 is 0. The number of nitrogens with zero attached hydrogens (tertiary/aromatic N) is 2. The van der Waals surface area contributed by atoms with E-state index in [1.54, 1.807) is 0 Å². The van der Waals surface area contributed by atoms with Crippen molar-refractivity contribution in [2.45, 2.75) is 329 Å². The van der Waals surface area contributed by atoms with Gasteiger partial charge < -0.3 is 0 Å². The smallest absolute Gasteiger partial charge is 0.240 e. The predicted molar refractivity (Wildman–Crippen MR) is 262 cm³/mol. The number of rotatable bonds is 49. The lowest BCUT2D eigenvalue weighted by Gasteiger charge is -2.18. The lowest BCUT2D eigenvalue weighted by Crippen LogP contribution is -2.24. The fourth-order valence-corrected chi connectivity index (χ4v) is 9.85. The van der Waals surface area contributed by atoms with Crippen LogP contribution < -0.4 is 4.57 Å². The van der Waals surface area contributed by atoms with E-state index in [-0.39, 0.29) is 0 Å². The zero-order chi connectivity index (χ0) is 41.7. The molecule has 58 heavy (non-hydrogen) atoms. The van der Waals surface area contributed by atoms with E-state index in [1.807, 2.05) is 0 Å². The lowest BCUT2D eigenvalue weighted by molar-refractivity contribution is -0.671. The minimum Gasteiger partial charge on any atom is -0.240 e. The van der Waals surface area contributed by atoms with Crippen LogP contribution in [0.25, 0.3) is 0 Å². The maximum Gasteiger partial charge on any atom is 0.243 e. The van der Waals surface area contributed by atoms with Gasteiger partial charge in [-0.15, -0.1) is 0 Å². The quantitative estimate of drug-likeness (QED) is 0.0458. The molecule has 0 fully saturated rings. The first kappa shape index (κ1) is 55.2. The van der Waals surface area contributed by atoms with Crippen molar-refractivity contribution in [3.8, 4) is 0 Å². The second kappa shape index (κ2) is 45.7. The Hall–Kier alpha value is -0.790. The number of aromatic nitrogens is 2. The van der Waals surface area contributed by atoms with Crippen molar-refractivity contribution < 1.29 is 4.57 Å². The highest BCUT2D eigenvalue weighted by Gasteiger charge is 2.17. The van der Waals surface area contributed by atoms with Gasteiger partial charge in [0.1, 0.15) is 18.4 Å². The molecule has 0 aliphatic carbocycles. The van der Waals surface area contributed by atoms with Crippen molar-refractivity contribution in [3.63, 3.8) is 0 Å². The summed E-state index contributed by atoms with van der Waals surface area (Å²) in [4.78, 5) is 0. The van der Waals surface area contributed by atoms with Crippen LogP contribution in [0.2, 0.25) is 0 Å². The summed E-state index contributed by atoms with van der Waals surface area (Å²) in [6.07, 6.45) is 75.5. The SMILES string of the molecule is CCCCCCCCCCCCCCCCCCC(CCCCC(CCCCCCCCCCCCCC)CCCCCCCCCCCCCC)n1cc[n+](C)c1. The summed E-state index contributed by atoms with van der Waals surface area (Å²) in [5.41, 5.74) is 0. The molecule has 0 radical (unpaired) electrons. The highest BCUT2D eigenvalue weighted by atomic mass is 15.1. The van der Waals surface area contributed by atoms with Gasteiger partial charge in [0.05, 0.1) is 7.05 Å². The zero-order valence-corrected chi connectivity index (χ0v) is 41.0. The van der Waals surface area contributed by atoms with Gasteiger partial charge in [-0.1, -0.05) is 297 Å². The third-order valence-electron chi connectivity index (χ3n) is 13.9. The van der Waals surface area contributed by atoms with E-state index in [0.717, 1.165) is 5.92 Å². The van der Waals surface area contributed by atoms with Crippen LogP contribution in [0.4, 0.5) is 0 Å². The van der Waals surface area contributed by atoms with Crippen molar-refractivity contribution in [1.29, 1.82) is 0 Å². The van der Waals surface area contributed by atoms with Crippen LogP contribution >= 0.6 is 0 Å². The molecule has 1 aromatic heterocycles. The molecule has 1 aromatic rings. The van der Waals surface area contributed by atoms with Crippen molar-refractivity contribution in [2.75, 3.05) is 0 Å². The molecule has 2 nitrogen and oxygen atoms in total. The molecule has 0 spiro atoms. The monoisotopic (exact) mass is 812 g/mol. The standard InChI is InChI=1S/C56H111N2/c1-5-8-11-14-17-20-23-26-27-28-29-32-35-38-41-44-50-56(58-53-52-57(4)54-58)51-46-45-49-55(47-42-39-36-33-30-24-21-18-15-12-9-6-2)48-43-40-37-34-31-25-22-19-16-13-10-7-3/h52-56H,5-51H2,1-4H3/q+1. The largest absolute Gasteiger partial charge is 0.243 e. The van der Waals surface area contributed by atoms with Crippen molar-refractivity contribution in [2.24, 2.45) is 13.0 Å². The maximum atomic E-state index is 2.56. The Morgan fingerprint density at radius 1 is 0.310 bits per heavy atom. The number of imidazole rings is 1. The van der Waals surface area contributed by atoms with Crippen LogP contribution in [0, 0.1) is 5.92 Å². The molecule has 1 atom stereocenters. The molecular formula is C56H111N2+. The van der Waals surface area contributed by atoms with E-state index in [0.29, 0.717) is 6.04 Å². The summed E-state index contributed by atoms with van der Waals surface area (Å²) in [5.74, 6) is 0.981. The highest BCUT2D eigenvalue weighted by Crippen LogP contribution is 2.28. The second-order valence-corrected chi connectivity index (χ2v) is 19.8. The van der Waals surface area contributed by atoms with Crippen LogP contribution in [-0.2, 0) is 7.05 Å². The zero-order valence-electron chi connectivity index (χ0n) is 41.0. The minimum atomic E-state index is 0.693. The van der Waals surface area contributed by atoms with Gasteiger partial charge in [0.2, 0.25) is 6.33 Å². The molecule has 0 bridgehead atoms. The first-order chi connectivity index (χ1) is 28.7. The molecule has 2 heteroatoms. The van der Waals surface area contributed by atoms with Gasteiger partial charge in [0.15, 0.2) is 0 Å². The van der Waals surface area contributed by atoms with E-state index in [9.17, 15) is 0 Å². The molecule has 0 aromatic carbocycles. The van der Waals surface area contributed by atoms with E-state index in [1.165, 1.54) is 302 Å². The van der Waals surface area contributed by atoms with Gasteiger partial charge >= 0.3 is 0 Å². The van der Waals surface area contributed by atoms with Crippen LogP contribution in [0.5, 0.6) is 0 Å². The molecule has 0 aliphatic rings. The fourth-order valence-electron chi connectivity index (χ4n) is 9.85. The molecule has 0 saturated heterocycles. The molecule has 1 unspecified atom stereocenters. The third kappa shape index (κ3) is 38.2. The molecule has 1 rings (SSSR count). The Labute approximate surface area is 368 Å². The van der Waals surface area contributed by atoms with Gasteiger partial charge in [-0.05, 0) is 31.6 Å². The molecule has 1 heterocycles. The number of hydrogen-bond donors (Lipinski definition) is 0. The first-order valence-electron chi connectivity index (χ1n) is 27.7. The Kier molecular flexibility index (Phi) is 43.5. The van der Waals surface area contributed by atoms with E-state index in [2.05, 4.69) is 55.7 Å². The summed E-state index contributed by atoms with van der Waals surface area (Å²) in [7, 11) is 2.19. The lowest BCUT2D eigenvalue weighted by atomic mass is 9.89. The van der Waals surface area contributed by atoms with Crippen molar-refractivity contribution in [3.05, 3.63) is 18.7 Å². The number of unbranched alkanes of at least 4 members (excludes halogenated alkanes) is 38. The Bertz CT molecular complexity index is 861. The van der Waals surface area contributed by atoms with Crippen molar-refractivity contribution in [1.82, 2.24) is 4.57 Å². The van der Waals surface area contributed by atoms with Gasteiger partial charge in [0.25, 0.3) is 0 Å². The normalized spacial score (nSPS) is 12.4. The molecular weight excluding hydrogens is 701 g/mol. The summed E-state index contributed by atoms with van der Waals surface area (Å²) in [5, 5.41) is 0. The van der Waals surface area contributed by atoms with E-state index >= 15 is 0 Å². The van der Waals surface area contributed by atoms with E-state index in [4.69, 9.17) is 0 Å². The van der Waals surface area contributed by atoms with Crippen LogP contribution in [0.15, 0.2) is 18.7 Å². The number of aryl methyl sites for hydroxylation is 1. The van der Waals surface area contributed by atoms with Gasteiger partial charge in [-0.25, -0.2) is 9.13 Å². The van der Waals surface area contributed by atoms with Gasteiger partial charge in [-0.2, -0.15) is 0 Å². The van der Waals surface area contributed by atoms with Crippen LogP contribution in [0.1, 0.15) is 329 Å². The molecule has 344 valence electrons. The predicted octanol–water partition coefficient (Wildman–Crippen LogP) is 19.9. The average molecular weight is 813 g/mol. The molecule has 0 N–H and O–H groups in total. The first-order valence-corrected chi connectivity index (χ1v) is 27.7. The van der Waals surface area contributed by atoms with Crippen LogP contribution in [0.3, 0.4) is 0 Å². The number of hydrogen-bond acceptors (Lipinski definition) is 0.